The van der Waals surface area contributed by atoms with E-state index in [1.165, 1.54) is 16.0 Å². The fourth-order valence-corrected chi connectivity index (χ4v) is 3.35. The number of guanidine groups is 1. The van der Waals surface area contributed by atoms with Crippen molar-refractivity contribution >= 4 is 47.6 Å². The molecular weight excluding hydrogens is 495 g/mol. The van der Waals surface area contributed by atoms with Crippen LogP contribution in [0, 0.1) is 6.92 Å². The first-order valence-corrected chi connectivity index (χ1v) is 10.6. The topological polar surface area (TPSA) is 56.7 Å². The molecule has 0 aliphatic rings. The van der Waals surface area contributed by atoms with E-state index in [9.17, 15) is 4.79 Å². The van der Waals surface area contributed by atoms with Crippen molar-refractivity contribution in [3.05, 3.63) is 65.2 Å². The third kappa shape index (κ3) is 8.26. The van der Waals surface area contributed by atoms with Gasteiger partial charge in [-0.3, -0.25) is 4.79 Å². The number of likely N-dealkylation sites (N-methyl/N-ethyl adjacent to an activating group) is 1. The number of hydrogen-bond acceptors (Lipinski definition) is 3. The minimum absolute atomic E-state index is 0. The number of aryl methyl sites for hydroxylation is 1. The average molecular weight is 526 g/mol. The molecule has 2 aromatic rings. The van der Waals surface area contributed by atoms with Crippen LogP contribution >= 0.6 is 35.7 Å². The van der Waals surface area contributed by atoms with Crippen molar-refractivity contribution < 1.29 is 4.79 Å². The summed E-state index contributed by atoms with van der Waals surface area (Å²) in [6.45, 7) is 4.92. The second-order valence-corrected chi connectivity index (χ2v) is 7.75. The highest BCUT2D eigenvalue weighted by Gasteiger charge is 2.11. The number of nitrogens with zero attached hydrogens (tertiary/aromatic N) is 2. The predicted molar refractivity (Wildman–Crippen MR) is 134 cm³/mol. The Kier molecular flexibility index (Phi) is 11.1. The number of halogens is 1. The van der Waals surface area contributed by atoms with E-state index in [2.05, 4.69) is 61.1 Å². The van der Waals surface area contributed by atoms with Crippen LogP contribution in [-0.4, -0.2) is 43.7 Å². The number of amides is 1. The van der Waals surface area contributed by atoms with Crippen LogP contribution in [0.1, 0.15) is 29.7 Å². The lowest BCUT2D eigenvalue weighted by molar-refractivity contribution is -0.127. The summed E-state index contributed by atoms with van der Waals surface area (Å²) >= 11 is 1.72. The van der Waals surface area contributed by atoms with Crippen LogP contribution in [0.4, 0.5) is 0 Å². The Morgan fingerprint density at radius 2 is 1.86 bits per heavy atom. The largest absolute Gasteiger partial charge is 0.350 e. The van der Waals surface area contributed by atoms with E-state index in [4.69, 9.17) is 4.99 Å². The fraction of sp³-hybridized carbons (Fsp3) is 0.364. The minimum atomic E-state index is 0. The smallest absolute Gasteiger partial charge is 0.241 e. The predicted octanol–water partition coefficient (Wildman–Crippen LogP) is 4.22. The van der Waals surface area contributed by atoms with E-state index < -0.39 is 0 Å². The molecule has 0 aromatic heterocycles. The Morgan fingerprint density at radius 1 is 1.17 bits per heavy atom. The van der Waals surface area contributed by atoms with Crippen molar-refractivity contribution in [1.29, 1.82) is 0 Å². The Hall–Kier alpha value is -1.74. The molecular formula is C22H31IN4OS. The SMILES string of the molecule is CSc1cc(C)ccc1CN=C(NCC(=O)N(C)C)NC(C)c1ccccc1.I. The summed E-state index contributed by atoms with van der Waals surface area (Å²) in [5.41, 5.74) is 3.57. The highest BCUT2D eigenvalue weighted by Crippen LogP contribution is 2.22. The van der Waals surface area contributed by atoms with E-state index >= 15 is 0 Å². The van der Waals surface area contributed by atoms with Crippen LogP contribution < -0.4 is 10.6 Å². The molecule has 1 unspecified atom stereocenters. The number of carbonyl (C=O) groups excluding carboxylic acids is 1. The van der Waals surface area contributed by atoms with Crippen molar-refractivity contribution in [3.8, 4) is 0 Å². The van der Waals surface area contributed by atoms with Gasteiger partial charge >= 0.3 is 0 Å². The van der Waals surface area contributed by atoms with Gasteiger partial charge in [-0.05, 0) is 42.9 Å². The Labute approximate surface area is 195 Å². The molecule has 5 nitrogen and oxygen atoms in total. The van der Waals surface area contributed by atoms with Gasteiger partial charge < -0.3 is 15.5 Å². The van der Waals surface area contributed by atoms with Crippen LogP contribution in [-0.2, 0) is 11.3 Å². The zero-order valence-corrected chi connectivity index (χ0v) is 20.9. The molecule has 1 amide bonds. The molecule has 158 valence electrons. The fourth-order valence-electron chi connectivity index (χ4n) is 2.65. The van der Waals surface area contributed by atoms with Crippen LogP contribution in [0.5, 0.6) is 0 Å². The number of rotatable bonds is 7. The highest BCUT2D eigenvalue weighted by atomic mass is 127. The Bertz CT molecular complexity index is 812. The first-order valence-electron chi connectivity index (χ1n) is 9.34. The molecule has 2 rings (SSSR count). The van der Waals surface area contributed by atoms with Gasteiger partial charge in [-0.25, -0.2) is 4.99 Å². The second-order valence-electron chi connectivity index (χ2n) is 6.90. The summed E-state index contributed by atoms with van der Waals surface area (Å²) < 4.78 is 0. The van der Waals surface area contributed by atoms with Crippen LogP contribution in [0.3, 0.4) is 0 Å². The molecule has 0 spiro atoms. The van der Waals surface area contributed by atoms with Crippen LogP contribution in [0.2, 0.25) is 0 Å². The second kappa shape index (κ2) is 12.7. The summed E-state index contributed by atoms with van der Waals surface area (Å²) in [5.74, 6) is 0.626. The van der Waals surface area contributed by atoms with E-state index in [0.29, 0.717) is 12.5 Å². The van der Waals surface area contributed by atoms with Gasteiger partial charge in [0.25, 0.3) is 0 Å². The standard InChI is InChI=1S/C22H30N4OS.HI/c1-16-11-12-19(20(13-16)28-5)14-23-22(24-15-21(27)26(3)4)25-17(2)18-9-7-6-8-10-18;/h6-13,17H,14-15H2,1-5H3,(H2,23,24,25);1H. The van der Waals surface area contributed by atoms with Gasteiger partial charge in [-0.15, -0.1) is 35.7 Å². The first kappa shape index (κ1) is 25.3. The quantitative estimate of drug-likeness (QED) is 0.246. The molecule has 2 aromatic carbocycles. The molecule has 0 saturated heterocycles. The zero-order valence-electron chi connectivity index (χ0n) is 17.7. The average Bonchev–Trinajstić information content (AvgIpc) is 2.70. The van der Waals surface area contributed by atoms with Gasteiger partial charge in [-0.2, -0.15) is 0 Å². The Morgan fingerprint density at radius 3 is 2.48 bits per heavy atom. The monoisotopic (exact) mass is 526 g/mol. The van der Waals surface area contributed by atoms with Crippen molar-refractivity contribution in [2.75, 3.05) is 26.9 Å². The number of aliphatic imine (C=N–C) groups is 1. The maximum atomic E-state index is 12.0. The third-order valence-electron chi connectivity index (χ3n) is 4.41. The third-order valence-corrected chi connectivity index (χ3v) is 5.23. The molecule has 1 atom stereocenters. The maximum absolute atomic E-state index is 12.0. The molecule has 0 radical (unpaired) electrons. The van der Waals surface area contributed by atoms with Crippen LogP contribution in [0.25, 0.3) is 0 Å². The number of nitrogens with one attached hydrogen (secondary N) is 2. The lowest BCUT2D eigenvalue weighted by atomic mass is 10.1. The van der Waals surface area contributed by atoms with Gasteiger partial charge in [0, 0.05) is 19.0 Å². The summed E-state index contributed by atoms with van der Waals surface area (Å²) in [6, 6.07) is 16.7. The molecule has 0 aliphatic heterocycles. The van der Waals surface area contributed by atoms with Gasteiger partial charge in [0.2, 0.25) is 5.91 Å². The van der Waals surface area contributed by atoms with E-state index in [0.717, 1.165) is 5.56 Å². The van der Waals surface area contributed by atoms with Crippen molar-refractivity contribution in [1.82, 2.24) is 15.5 Å². The molecule has 29 heavy (non-hydrogen) atoms. The molecule has 2 N–H and O–H groups in total. The number of hydrogen-bond donors (Lipinski definition) is 2. The van der Waals surface area contributed by atoms with E-state index in [1.807, 2.05) is 18.2 Å². The lowest BCUT2D eigenvalue weighted by Gasteiger charge is -2.20. The van der Waals surface area contributed by atoms with Gasteiger partial charge in [0.1, 0.15) is 0 Å². The summed E-state index contributed by atoms with van der Waals surface area (Å²) in [5, 5.41) is 6.57. The number of carbonyl (C=O) groups is 1. The molecule has 0 heterocycles. The van der Waals surface area contributed by atoms with E-state index in [1.54, 1.807) is 30.8 Å². The van der Waals surface area contributed by atoms with Crippen molar-refractivity contribution in [2.24, 2.45) is 4.99 Å². The van der Waals surface area contributed by atoms with Crippen LogP contribution in [0.15, 0.2) is 58.4 Å². The van der Waals surface area contributed by atoms with Gasteiger partial charge in [0.05, 0.1) is 19.1 Å². The maximum Gasteiger partial charge on any atom is 0.241 e. The molecule has 0 fully saturated rings. The molecule has 0 bridgehead atoms. The highest BCUT2D eigenvalue weighted by molar-refractivity contribution is 14.0. The van der Waals surface area contributed by atoms with Gasteiger partial charge in [0.15, 0.2) is 5.96 Å². The first-order chi connectivity index (χ1) is 13.4. The minimum Gasteiger partial charge on any atom is -0.350 e. The summed E-state index contributed by atoms with van der Waals surface area (Å²) in [4.78, 5) is 19.5. The lowest BCUT2D eigenvalue weighted by Crippen LogP contribution is -2.43. The zero-order chi connectivity index (χ0) is 20.5. The normalized spacial score (nSPS) is 12.0. The van der Waals surface area contributed by atoms with Gasteiger partial charge in [-0.1, -0.05) is 42.5 Å². The van der Waals surface area contributed by atoms with Crippen molar-refractivity contribution in [2.45, 2.75) is 31.3 Å². The number of benzene rings is 2. The van der Waals surface area contributed by atoms with E-state index in [-0.39, 0.29) is 42.5 Å². The molecule has 0 aliphatic carbocycles. The molecule has 0 saturated carbocycles. The summed E-state index contributed by atoms with van der Waals surface area (Å²) in [6.07, 6.45) is 2.08. The number of thioether (sulfide) groups is 1. The van der Waals surface area contributed by atoms with Crippen molar-refractivity contribution in [3.63, 3.8) is 0 Å². The summed E-state index contributed by atoms with van der Waals surface area (Å²) in [7, 11) is 3.50. The Balaban J connectivity index is 0.00000420. The molecule has 7 heteroatoms.